The lowest BCUT2D eigenvalue weighted by Crippen LogP contribution is -2.42. The molecule has 2 aromatic rings. The Morgan fingerprint density at radius 3 is 2.50 bits per heavy atom. The number of nitrogens with zero attached hydrogens (tertiary/aromatic N) is 1. The normalized spacial score (nSPS) is 16.9. The van der Waals surface area contributed by atoms with Gasteiger partial charge in [-0.3, -0.25) is 0 Å². The monoisotopic (exact) mass is 405 g/mol. The zero-order valence-electron chi connectivity index (χ0n) is 13.8. The summed E-state index contributed by atoms with van der Waals surface area (Å²) in [6, 6.07) is 7.25. The third-order valence-corrected chi connectivity index (χ3v) is 7.01. The third kappa shape index (κ3) is 4.28. The summed E-state index contributed by atoms with van der Waals surface area (Å²) in [6.45, 7) is 1.01. The molecule has 26 heavy (non-hydrogen) atoms. The first-order valence-corrected chi connectivity index (χ1v) is 10.4. The van der Waals surface area contributed by atoms with Gasteiger partial charge in [0.2, 0.25) is 10.0 Å². The molecule has 1 aromatic heterocycles. The SMILES string of the molecule is O=S(=O)(c1cccc(C(F)(F)F)c1)N(Cc1cccs1)C1CCOCC1. The molecule has 1 saturated heterocycles. The first-order valence-electron chi connectivity index (χ1n) is 8.08. The minimum absolute atomic E-state index is 0.140. The second-order valence-electron chi connectivity index (χ2n) is 6.00. The minimum atomic E-state index is -4.59. The Morgan fingerprint density at radius 2 is 1.88 bits per heavy atom. The molecule has 2 heterocycles. The van der Waals surface area contributed by atoms with E-state index in [0.29, 0.717) is 32.1 Å². The fourth-order valence-electron chi connectivity index (χ4n) is 2.91. The Kier molecular flexibility index (Phi) is 5.71. The van der Waals surface area contributed by atoms with Crippen molar-refractivity contribution < 1.29 is 26.3 Å². The maximum absolute atomic E-state index is 13.2. The van der Waals surface area contributed by atoms with Crippen molar-refractivity contribution in [1.82, 2.24) is 4.31 Å². The number of rotatable bonds is 5. The molecule has 0 N–H and O–H groups in total. The molecule has 1 aliphatic rings. The highest BCUT2D eigenvalue weighted by Crippen LogP contribution is 2.33. The maximum atomic E-state index is 13.2. The molecule has 0 spiro atoms. The van der Waals surface area contributed by atoms with Gasteiger partial charge in [0.15, 0.2) is 0 Å². The molecule has 9 heteroatoms. The van der Waals surface area contributed by atoms with Crippen molar-refractivity contribution in [3.63, 3.8) is 0 Å². The van der Waals surface area contributed by atoms with Crippen molar-refractivity contribution in [2.45, 2.75) is 36.5 Å². The standard InChI is InChI=1S/C17H18F3NO3S2/c18-17(19,20)13-3-1-5-16(11-13)26(22,23)21(12-15-4-2-10-25-15)14-6-8-24-9-7-14/h1-5,10-11,14H,6-9,12H2. The molecule has 1 fully saturated rings. The second kappa shape index (κ2) is 7.67. The Bertz CT molecular complexity index is 829. The molecular weight excluding hydrogens is 387 g/mol. The number of thiophene rings is 1. The molecule has 0 atom stereocenters. The smallest absolute Gasteiger partial charge is 0.381 e. The van der Waals surface area contributed by atoms with Gasteiger partial charge in [0.1, 0.15) is 0 Å². The van der Waals surface area contributed by atoms with Crippen molar-refractivity contribution >= 4 is 21.4 Å². The zero-order chi connectivity index (χ0) is 18.8. The number of hydrogen-bond donors (Lipinski definition) is 0. The van der Waals surface area contributed by atoms with E-state index in [-0.39, 0.29) is 17.5 Å². The fraction of sp³-hybridized carbons (Fsp3) is 0.412. The fourth-order valence-corrected chi connectivity index (χ4v) is 5.40. The van der Waals surface area contributed by atoms with Crippen molar-refractivity contribution in [2.24, 2.45) is 0 Å². The lowest BCUT2D eigenvalue weighted by atomic mass is 10.1. The second-order valence-corrected chi connectivity index (χ2v) is 8.92. The van der Waals surface area contributed by atoms with Crippen molar-refractivity contribution in [3.8, 4) is 0 Å². The molecule has 0 aliphatic carbocycles. The van der Waals surface area contributed by atoms with Crippen LogP contribution in [0, 0.1) is 0 Å². The Labute approximate surface area is 154 Å². The highest BCUT2D eigenvalue weighted by atomic mass is 32.2. The Morgan fingerprint density at radius 1 is 1.15 bits per heavy atom. The van der Waals surface area contributed by atoms with E-state index in [0.717, 1.165) is 17.0 Å². The van der Waals surface area contributed by atoms with Gasteiger partial charge >= 0.3 is 6.18 Å². The average Bonchev–Trinajstić information content (AvgIpc) is 3.13. The molecule has 0 radical (unpaired) electrons. The maximum Gasteiger partial charge on any atom is 0.416 e. The third-order valence-electron chi connectivity index (χ3n) is 4.26. The molecule has 0 unspecified atom stereocenters. The first-order chi connectivity index (χ1) is 12.3. The summed E-state index contributed by atoms with van der Waals surface area (Å²) < 4.78 is 71.9. The van der Waals surface area contributed by atoms with Crippen molar-refractivity contribution in [1.29, 1.82) is 0 Å². The van der Waals surface area contributed by atoms with Crippen LogP contribution < -0.4 is 0 Å². The van der Waals surface area contributed by atoms with Gasteiger partial charge in [-0.05, 0) is 42.5 Å². The Hall–Kier alpha value is -1.42. The number of sulfonamides is 1. The van der Waals surface area contributed by atoms with Gasteiger partial charge in [-0.15, -0.1) is 11.3 Å². The largest absolute Gasteiger partial charge is 0.416 e. The van der Waals surface area contributed by atoms with E-state index in [9.17, 15) is 21.6 Å². The zero-order valence-corrected chi connectivity index (χ0v) is 15.4. The summed E-state index contributed by atoms with van der Waals surface area (Å²) in [5.41, 5.74) is -0.971. The van der Waals surface area contributed by atoms with Crippen LogP contribution in [0.15, 0.2) is 46.7 Å². The van der Waals surface area contributed by atoms with E-state index in [1.54, 1.807) is 0 Å². The minimum Gasteiger partial charge on any atom is -0.381 e. The summed E-state index contributed by atoms with van der Waals surface area (Å²) in [5.74, 6) is 0. The van der Waals surface area contributed by atoms with Gasteiger partial charge in [-0.1, -0.05) is 12.1 Å². The first kappa shape index (κ1) is 19.3. The Balaban J connectivity index is 1.98. The van der Waals surface area contributed by atoms with Crippen LogP contribution in [0.1, 0.15) is 23.3 Å². The highest BCUT2D eigenvalue weighted by molar-refractivity contribution is 7.89. The van der Waals surface area contributed by atoms with Gasteiger partial charge in [0.25, 0.3) is 0 Å². The quantitative estimate of drug-likeness (QED) is 0.751. The molecule has 0 bridgehead atoms. The number of ether oxygens (including phenoxy) is 1. The van der Waals surface area contributed by atoms with Crippen molar-refractivity contribution in [2.75, 3.05) is 13.2 Å². The number of benzene rings is 1. The molecule has 4 nitrogen and oxygen atoms in total. The van der Waals surface area contributed by atoms with Gasteiger partial charge in [-0.25, -0.2) is 8.42 Å². The summed E-state index contributed by atoms with van der Waals surface area (Å²) >= 11 is 1.42. The summed E-state index contributed by atoms with van der Waals surface area (Å²) in [7, 11) is -4.08. The van der Waals surface area contributed by atoms with E-state index in [2.05, 4.69) is 0 Å². The number of alkyl halides is 3. The predicted molar refractivity (Wildman–Crippen MR) is 92.3 cm³/mol. The predicted octanol–water partition coefficient (Wildman–Crippen LogP) is 4.14. The van der Waals surface area contributed by atoms with Crippen LogP contribution in [0.25, 0.3) is 0 Å². The van der Waals surface area contributed by atoms with Crippen LogP contribution >= 0.6 is 11.3 Å². The summed E-state index contributed by atoms with van der Waals surface area (Å²) in [4.78, 5) is 0.502. The van der Waals surface area contributed by atoms with Gasteiger partial charge < -0.3 is 4.74 Å². The van der Waals surface area contributed by atoms with E-state index < -0.39 is 21.8 Å². The van der Waals surface area contributed by atoms with Crippen LogP contribution in [-0.2, 0) is 27.5 Å². The molecule has 142 valence electrons. The van der Waals surface area contributed by atoms with E-state index in [4.69, 9.17) is 4.74 Å². The van der Waals surface area contributed by atoms with Crippen LogP contribution in [0.3, 0.4) is 0 Å². The lowest BCUT2D eigenvalue weighted by Gasteiger charge is -2.33. The molecule has 3 rings (SSSR count). The van der Waals surface area contributed by atoms with E-state index >= 15 is 0 Å². The van der Waals surface area contributed by atoms with Gasteiger partial charge in [0.05, 0.1) is 10.5 Å². The van der Waals surface area contributed by atoms with Crippen LogP contribution in [0.5, 0.6) is 0 Å². The summed E-state index contributed by atoms with van der Waals surface area (Å²) in [5, 5.41) is 1.84. The molecule has 1 aliphatic heterocycles. The molecule has 0 amide bonds. The topological polar surface area (TPSA) is 46.6 Å². The van der Waals surface area contributed by atoms with E-state index in [1.165, 1.54) is 21.7 Å². The molecule has 0 saturated carbocycles. The number of hydrogen-bond acceptors (Lipinski definition) is 4. The van der Waals surface area contributed by atoms with Gasteiger partial charge in [0, 0.05) is 30.7 Å². The number of halogens is 3. The van der Waals surface area contributed by atoms with Gasteiger partial charge in [-0.2, -0.15) is 17.5 Å². The van der Waals surface area contributed by atoms with E-state index in [1.807, 2.05) is 17.5 Å². The highest BCUT2D eigenvalue weighted by Gasteiger charge is 2.36. The lowest BCUT2D eigenvalue weighted by molar-refractivity contribution is -0.137. The van der Waals surface area contributed by atoms with Crippen molar-refractivity contribution in [3.05, 3.63) is 52.2 Å². The van der Waals surface area contributed by atoms with Crippen LogP contribution in [0.2, 0.25) is 0 Å². The van der Waals surface area contributed by atoms with Crippen LogP contribution in [0.4, 0.5) is 13.2 Å². The molecular formula is C17H18F3NO3S2. The van der Waals surface area contributed by atoms with Crippen LogP contribution in [-0.4, -0.2) is 32.0 Å². The average molecular weight is 405 g/mol. The molecule has 1 aromatic carbocycles. The summed E-state index contributed by atoms with van der Waals surface area (Å²) in [6.07, 6.45) is -3.56.